The second-order valence-electron chi connectivity index (χ2n) is 5.25. The van der Waals surface area contributed by atoms with Crippen molar-refractivity contribution in [3.8, 4) is 0 Å². The minimum Gasteiger partial charge on any atom is -0.361 e. The molecule has 2 heterocycles. The lowest BCUT2D eigenvalue weighted by molar-refractivity contribution is 0.0993. The second-order valence-corrected chi connectivity index (χ2v) is 5.25. The largest absolute Gasteiger partial charge is 0.361 e. The molecule has 4 rings (SSSR count). The molecule has 2 aliphatic heterocycles. The van der Waals surface area contributed by atoms with E-state index in [0.717, 1.165) is 0 Å². The zero-order valence-electron chi connectivity index (χ0n) is 9.80. The molecule has 86 valence electrons. The molecular weight excluding hydrogens is 208 g/mol. The minimum absolute atomic E-state index is 0.152. The molecule has 1 aromatic rings. The van der Waals surface area contributed by atoms with Crippen LogP contribution in [0.4, 0.5) is 0 Å². The van der Waals surface area contributed by atoms with Crippen LogP contribution in [-0.4, -0.2) is 12.2 Å². The zero-order chi connectivity index (χ0) is 11.3. The summed E-state index contributed by atoms with van der Waals surface area (Å²) in [4.78, 5) is 0. The molecule has 1 saturated heterocycles. The van der Waals surface area contributed by atoms with Crippen molar-refractivity contribution < 1.29 is 4.74 Å². The summed E-state index contributed by atoms with van der Waals surface area (Å²) in [7, 11) is 0. The third-order valence-corrected chi connectivity index (χ3v) is 4.49. The lowest BCUT2D eigenvalue weighted by atomic mass is 9.63. The normalized spacial score (nSPS) is 38.0. The molecule has 1 aliphatic carbocycles. The number of fused-ring (bicyclic) bond motifs is 5. The molecule has 0 saturated carbocycles. The van der Waals surface area contributed by atoms with Crippen LogP contribution in [0.25, 0.3) is 0 Å². The summed E-state index contributed by atoms with van der Waals surface area (Å²) in [5, 5.41) is 0. The van der Waals surface area contributed by atoms with Gasteiger partial charge in [-0.15, -0.1) is 0 Å². The lowest BCUT2D eigenvalue weighted by Gasteiger charge is -2.38. The van der Waals surface area contributed by atoms with Crippen molar-refractivity contribution >= 4 is 0 Å². The number of allylic oxidation sites excluding steroid dienone is 1. The second kappa shape index (κ2) is 3.33. The van der Waals surface area contributed by atoms with Crippen LogP contribution in [0.1, 0.15) is 24.8 Å². The molecule has 0 amide bonds. The highest BCUT2D eigenvalue weighted by atomic mass is 16.5. The van der Waals surface area contributed by atoms with E-state index in [4.69, 9.17) is 4.74 Å². The van der Waals surface area contributed by atoms with E-state index in [1.165, 1.54) is 30.4 Å². The Morgan fingerprint density at radius 3 is 2.88 bits per heavy atom. The molecule has 1 fully saturated rings. The summed E-state index contributed by atoms with van der Waals surface area (Å²) < 4.78 is 6.10. The van der Waals surface area contributed by atoms with Crippen molar-refractivity contribution in [2.45, 2.75) is 36.9 Å². The summed E-state index contributed by atoms with van der Waals surface area (Å²) >= 11 is 0. The fourth-order valence-corrected chi connectivity index (χ4v) is 3.76. The highest BCUT2D eigenvalue weighted by Crippen LogP contribution is 2.54. The first-order valence-electron chi connectivity index (χ1n) is 6.51. The summed E-state index contributed by atoms with van der Waals surface area (Å²) in [5.74, 6) is 0. The van der Waals surface area contributed by atoms with Crippen molar-refractivity contribution in [3.63, 3.8) is 0 Å². The summed E-state index contributed by atoms with van der Waals surface area (Å²) in [5.41, 5.74) is 3.10. The van der Waals surface area contributed by atoms with Gasteiger partial charge in [-0.25, -0.2) is 0 Å². The van der Waals surface area contributed by atoms with Crippen molar-refractivity contribution in [2.24, 2.45) is 0 Å². The molecule has 0 aromatic heterocycles. The van der Waals surface area contributed by atoms with Gasteiger partial charge in [-0.05, 0) is 30.4 Å². The van der Waals surface area contributed by atoms with Gasteiger partial charge < -0.3 is 4.74 Å². The molecular formula is C16H16O. The van der Waals surface area contributed by atoms with Crippen molar-refractivity contribution in [3.05, 3.63) is 59.7 Å². The average Bonchev–Trinajstić information content (AvgIpc) is 3.00. The predicted molar refractivity (Wildman–Crippen MR) is 67.9 cm³/mol. The highest BCUT2D eigenvalue weighted by Gasteiger charge is 2.54. The van der Waals surface area contributed by atoms with Crippen molar-refractivity contribution in [2.75, 3.05) is 0 Å². The van der Waals surface area contributed by atoms with E-state index in [-0.39, 0.29) is 17.6 Å². The Hall–Kier alpha value is -1.34. The lowest BCUT2D eigenvalue weighted by Crippen LogP contribution is -2.38. The maximum absolute atomic E-state index is 6.10. The van der Waals surface area contributed by atoms with Crippen LogP contribution in [0, 0.1) is 0 Å². The van der Waals surface area contributed by atoms with Gasteiger partial charge in [0.2, 0.25) is 0 Å². The Morgan fingerprint density at radius 1 is 1.12 bits per heavy atom. The zero-order valence-corrected chi connectivity index (χ0v) is 9.80. The van der Waals surface area contributed by atoms with Crippen LogP contribution in [-0.2, 0) is 10.2 Å². The number of ether oxygens (including phenoxy) is 1. The topological polar surface area (TPSA) is 9.23 Å². The first kappa shape index (κ1) is 9.67. The van der Waals surface area contributed by atoms with E-state index < -0.39 is 0 Å². The molecule has 0 unspecified atom stereocenters. The Labute approximate surface area is 102 Å². The molecule has 0 spiro atoms. The first-order chi connectivity index (χ1) is 8.41. The smallest absolute Gasteiger partial charge is 0.0986 e. The van der Waals surface area contributed by atoms with Crippen LogP contribution < -0.4 is 0 Å². The van der Waals surface area contributed by atoms with Crippen LogP contribution in [0.15, 0.2) is 54.1 Å². The molecule has 3 atom stereocenters. The van der Waals surface area contributed by atoms with Gasteiger partial charge in [-0.1, -0.05) is 48.6 Å². The molecule has 17 heavy (non-hydrogen) atoms. The third kappa shape index (κ3) is 1.13. The molecule has 2 bridgehead atoms. The van der Waals surface area contributed by atoms with Gasteiger partial charge in [0, 0.05) is 5.41 Å². The summed E-state index contributed by atoms with van der Waals surface area (Å²) in [6.07, 6.45) is 11.1. The molecule has 1 nitrogen and oxygen atoms in total. The fraction of sp³-hybridized carbons (Fsp3) is 0.375. The fourth-order valence-electron chi connectivity index (χ4n) is 3.76. The molecule has 3 aliphatic rings. The van der Waals surface area contributed by atoms with E-state index in [1.54, 1.807) is 0 Å². The van der Waals surface area contributed by atoms with Crippen molar-refractivity contribution in [1.29, 1.82) is 0 Å². The van der Waals surface area contributed by atoms with Gasteiger partial charge in [0.25, 0.3) is 0 Å². The predicted octanol–water partition coefficient (Wildman–Crippen LogP) is 3.37. The third-order valence-electron chi connectivity index (χ3n) is 4.49. The van der Waals surface area contributed by atoms with Gasteiger partial charge in [-0.3, -0.25) is 0 Å². The SMILES string of the molecule is C1=C[C@H]2O[C@@H]1C1=CCCC[C@]12c1ccccc1. The molecule has 0 N–H and O–H groups in total. The Balaban J connectivity index is 1.93. The van der Waals surface area contributed by atoms with Crippen LogP contribution in [0.3, 0.4) is 0 Å². The maximum atomic E-state index is 6.10. The number of hydrogen-bond acceptors (Lipinski definition) is 1. The van der Waals surface area contributed by atoms with E-state index in [1.807, 2.05) is 0 Å². The number of hydrogen-bond donors (Lipinski definition) is 0. The Morgan fingerprint density at radius 2 is 2.00 bits per heavy atom. The average molecular weight is 224 g/mol. The van der Waals surface area contributed by atoms with Crippen LogP contribution >= 0.6 is 0 Å². The van der Waals surface area contributed by atoms with Gasteiger partial charge in [0.05, 0.1) is 12.2 Å². The number of rotatable bonds is 1. The summed E-state index contributed by atoms with van der Waals surface area (Å²) in [6, 6.07) is 10.9. The highest BCUT2D eigenvalue weighted by molar-refractivity contribution is 5.50. The van der Waals surface area contributed by atoms with Gasteiger partial charge in [-0.2, -0.15) is 0 Å². The monoisotopic (exact) mass is 224 g/mol. The standard InChI is InChI=1S/C16H16O/c1-2-6-12(7-3-1)16-11-5-4-8-13(16)14-9-10-15(16)17-14/h1-3,6-10,14-15H,4-5,11H2/t14-,15+,16-/m0/s1. The van der Waals surface area contributed by atoms with Crippen molar-refractivity contribution in [1.82, 2.24) is 0 Å². The minimum atomic E-state index is 0.152. The van der Waals surface area contributed by atoms with Gasteiger partial charge in [0.1, 0.15) is 0 Å². The van der Waals surface area contributed by atoms with E-state index >= 15 is 0 Å². The number of benzene rings is 1. The Bertz CT molecular complexity index is 500. The van der Waals surface area contributed by atoms with Gasteiger partial charge in [0.15, 0.2) is 0 Å². The maximum Gasteiger partial charge on any atom is 0.0986 e. The first-order valence-corrected chi connectivity index (χ1v) is 6.51. The quantitative estimate of drug-likeness (QED) is 0.664. The molecule has 1 heteroatoms. The van der Waals surface area contributed by atoms with E-state index in [2.05, 4.69) is 48.6 Å². The van der Waals surface area contributed by atoms with Crippen LogP contribution in [0.5, 0.6) is 0 Å². The molecule has 0 radical (unpaired) electrons. The summed E-state index contributed by atoms with van der Waals surface area (Å²) in [6.45, 7) is 0. The van der Waals surface area contributed by atoms with Gasteiger partial charge >= 0.3 is 0 Å². The van der Waals surface area contributed by atoms with E-state index in [9.17, 15) is 0 Å². The molecule has 1 aromatic carbocycles. The van der Waals surface area contributed by atoms with Crippen LogP contribution in [0.2, 0.25) is 0 Å². The van der Waals surface area contributed by atoms with E-state index in [0.29, 0.717) is 0 Å². The Kier molecular flexibility index (Phi) is 1.89.